The van der Waals surface area contributed by atoms with Gasteiger partial charge in [-0.2, -0.15) is 4.31 Å². The standard InChI is InChI=1S/C24H25ClN6O3S/c1-14(2)21-11-30(35(33,34)22-9-16-8-17(25)4-6-19(16)29-22)12-23(32)31(21)10-15-3-5-18-20(7-15)27-13-28-24(18)26/h3-9,13-14,21,29H,10-12H2,1-2H3,(H2,26,27,28)/t21-/m0/s1. The average molecular weight is 513 g/mol. The molecule has 35 heavy (non-hydrogen) atoms. The first-order valence-corrected chi connectivity index (χ1v) is 13.0. The second kappa shape index (κ2) is 8.78. The molecule has 0 aliphatic carbocycles. The van der Waals surface area contributed by atoms with Crippen LogP contribution in [0.5, 0.6) is 0 Å². The smallest absolute Gasteiger partial charge is 0.259 e. The highest BCUT2D eigenvalue weighted by Crippen LogP contribution is 2.29. The van der Waals surface area contributed by atoms with Gasteiger partial charge >= 0.3 is 0 Å². The molecule has 0 unspecified atom stereocenters. The van der Waals surface area contributed by atoms with Crippen LogP contribution in [0.2, 0.25) is 5.02 Å². The molecule has 9 nitrogen and oxygen atoms in total. The monoisotopic (exact) mass is 512 g/mol. The van der Waals surface area contributed by atoms with Crippen LogP contribution in [-0.2, 0) is 21.4 Å². The summed E-state index contributed by atoms with van der Waals surface area (Å²) in [4.78, 5) is 26.3. The number of benzene rings is 2. The van der Waals surface area contributed by atoms with Gasteiger partial charge in [-0.05, 0) is 47.9 Å². The first-order chi connectivity index (χ1) is 16.6. The number of amides is 1. The van der Waals surface area contributed by atoms with E-state index in [9.17, 15) is 13.2 Å². The first-order valence-electron chi connectivity index (χ1n) is 11.2. The Balaban J connectivity index is 1.42. The lowest BCUT2D eigenvalue weighted by Gasteiger charge is -2.42. The number of anilines is 1. The van der Waals surface area contributed by atoms with Crippen molar-refractivity contribution in [2.45, 2.75) is 31.5 Å². The van der Waals surface area contributed by atoms with Crippen molar-refractivity contribution in [1.29, 1.82) is 0 Å². The second-order valence-corrected chi connectivity index (χ2v) is 11.4. The summed E-state index contributed by atoms with van der Waals surface area (Å²) in [5, 5.41) is 2.01. The Morgan fingerprint density at radius 2 is 1.97 bits per heavy atom. The van der Waals surface area contributed by atoms with E-state index in [1.165, 1.54) is 10.6 Å². The fourth-order valence-electron chi connectivity index (χ4n) is 4.53. The highest BCUT2D eigenvalue weighted by Gasteiger charge is 2.40. The van der Waals surface area contributed by atoms with E-state index in [1.54, 1.807) is 29.2 Å². The van der Waals surface area contributed by atoms with Gasteiger partial charge < -0.3 is 15.6 Å². The molecular formula is C24H25ClN6O3S. The molecule has 2 aromatic heterocycles. The van der Waals surface area contributed by atoms with E-state index in [4.69, 9.17) is 17.3 Å². The fraction of sp³-hybridized carbons (Fsp3) is 0.292. The predicted molar refractivity (Wildman–Crippen MR) is 135 cm³/mol. The third kappa shape index (κ3) is 4.33. The number of carbonyl (C=O) groups is 1. The maximum absolute atomic E-state index is 13.5. The molecule has 0 spiro atoms. The van der Waals surface area contributed by atoms with Crippen molar-refractivity contribution in [3.05, 3.63) is 59.4 Å². The number of nitrogens with two attached hydrogens (primary N) is 1. The fourth-order valence-corrected chi connectivity index (χ4v) is 6.13. The number of carbonyl (C=O) groups excluding carboxylic acids is 1. The van der Waals surface area contributed by atoms with Gasteiger partial charge in [0.25, 0.3) is 10.0 Å². The van der Waals surface area contributed by atoms with Crippen LogP contribution in [0.25, 0.3) is 21.8 Å². The number of hydrogen-bond acceptors (Lipinski definition) is 6. The van der Waals surface area contributed by atoms with Gasteiger partial charge in [-0.25, -0.2) is 18.4 Å². The van der Waals surface area contributed by atoms with E-state index in [2.05, 4.69) is 15.0 Å². The first kappa shape index (κ1) is 23.5. The summed E-state index contributed by atoms with van der Waals surface area (Å²) in [6.45, 7) is 4.29. The van der Waals surface area contributed by atoms with Crippen LogP contribution in [0.1, 0.15) is 19.4 Å². The molecule has 1 saturated heterocycles. The minimum atomic E-state index is -3.91. The Hall–Kier alpha value is -3.21. The Morgan fingerprint density at radius 1 is 1.17 bits per heavy atom. The lowest BCUT2D eigenvalue weighted by atomic mass is 9.99. The number of aromatic amines is 1. The number of halogens is 1. The molecular weight excluding hydrogens is 488 g/mol. The summed E-state index contributed by atoms with van der Waals surface area (Å²) >= 11 is 6.05. The number of hydrogen-bond donors (Lipinski definition) is 2. The summed E-state index contributed by atoms with van der Waals surface area (Å²) in [6.07, 6.45) is 1.41. The van der Waals surface area contributed by atoms with Crippen molar-refractivity contribution in [2.24, 2.45) is 5.92 Å². The van der Waals surface area contributed by atoms with Gasteiger partial charge in [0.2, 0.25) is 5.91 Å². The number of H-pyrrole nitrogens is 1. The summed E-state index contributed by atoms with van der Waals surface area (Å²) in [5.41, 5.74) is 8.17. The van der Waals surface area contributed by atoms with E-state index in [0.717, 1.165) is 10.9 Å². The summed E-state index contributed by atoms with van der Waals surface area (Å²) in [6, 6.07) is 12.0. The van der Waals surface area contributed by atoms with E-state index < -0.39 is 10.0 Å². The van der Waals surface area contributed by atoms with Crippen molar-refractivity contribution >= 4 is 55.2 Å². The molecule has 0 saturated carbocycles. The third-order valence-corrected chi connectivity index (χ3v) is 8.42. The third-order valence-electron chi connectivity index (χ3n) is 6.45. The second-order valence-electron chi connectivity index (χ2n) is 9.11. The van der Waals surface area contributed by atoms with Crippen molar-refractivity contribution in [3.8, 4) is 0 Å². The Labute approximate surface area is 207 Å². The lowest BCUT2D eigenvalue weighted by Crippen LogP contribution is -2.59. The maximum Gasteiger partial charge on any atom is 0.259 e. The largest absolute Gasteiger partial charge is 0.383 e. The van der Waals surface area contributed by atoms with Crippen LogP contribution in [0, 0.1) is 5.92 Å². The predicted octanol–water partition coefficient (Wildman–Crippen LogP) is 3.40. The molecule has 2 aromatic carbocycles. The number of fused-ring (bicyclic) bond motifs is 2. The number of piperazine rings is 1. The topological polar surface area (TPSA) is 125 Å². The van der Waals surface area contributed by atoms with Crippen LogP contribution < -0.4 is 5.73 Å². The van der Waals surface area contributed by atoms with Crippen LogP contribution in [0.3, 0.4) is 0 Å². The maximum atomic E-state index is 13.5. The van der Waals surface area contributed by atoms with Gasteiger partial charge in [-0.3, -0.25) is 4.79 Å². The van der Waals surface area contributed by atoms with E-state index in [-0.39, 0.29) is 36.0 Å². The van der Waals surface area contributed by atoms with Crippen LogP contribution >= 0.6 is 11.6 Å². The SMILES string of the molecule is CC(C)[C@@H]1CN(S(=O)(=O)c2cc3cc(Cl)ccc3[nH]2)CC(=O)N1Cc1ccc2c(N)ncnc2c1. The number of nitrogen functional groups attached to an aromatic ring is 1. The van der Waals surface area contributed by atoms with Gasteiger partial charge in [-0.1, -0.05) is 31.5 Å². The average Bonchev–Trinajstić information content (AvgIpc) is 3.24. The molecule has 1 atom stereocenters. The molecule has 0 bridgehead atoms. The van der Waals surface area contributed by atoms with Crippen LogP contribution in [0.15, 0.2) is 53.8 Å². The molecule has 1 fully saturated rings. The minimum Gasteiger partial charge on any atom is -0.383 e. The number of nitrogens with one attached hydrogen (secondary N) is 1. The minimum absolute atomic E-state index is 0.0388. The van der Waals surface area contributed by atoms with Crippen molar-refractivity contribution in [3.63, 3.8) is 0 Å². The van der Waals surface area contributed by atoms with Gasteiger partial charge in [0, 0.05) is 40.4 Å². The van der Waals surface area contributed by atoms with Gasteiger partial charge in [0.05, 0.1) is 12.1 Å². The number of rotatable bonds is 5. The Kier molecular flexibility index (Phi) is 5.90. The van der Waals surface area contributed by atoms with E-state index in [1.807, 2.05) is 32.0 Å². The summed E-state index contributed by atoms with van der Waals surface area (Å²) in [7, 11) is -3.91. The molecule has 1 aliphatic heterocycles. The van der Waals surface area contributed by atoms with Gasteiger partial charge in [0.1, 0.15) is 17.2 Å². The molecule has 5 rings (SSSR count). The summed E-state index contributed by atoms with van der Waals surface area (Å²) in [5.74, 6) is 0.188. The van der Waals surface area contributed by atoms with Crippen LogP contribution in [-0.4, -0.2) is 57.6 Å². The Morgan fingerprint density at radius 3 is 2.74 bits per heavy atom. The zero-order valence-corrected chi connectivity index (χ0v) is 20.8. The van der Waals surface area contributed by atoms with Gasteiger partial charge in [-0.15, -0.1) is 0 Å². The van der Waals surface area contributed by atoms with E-state index in [0.29, 0.717) is 33.8 Å². The Bertz CT molecular complexity index is 1550. The van der Waals surface area contributed by atoms with E-state index >= 15 is 0 Å². The molecule has 1 aliphatic rings. The highest BCUT2D eigenvalue weighted by atomic mass is 35.5. The zero-order valence-electron chi connectivity index (χ0n) is 19.3. The molecule has 182 valence electrons. The van der Waals surface area contributed by atoms with Crippen molar-refractivity contribution in [1.82, 2.24) is 24.2 Å². The highest BCUT2D eigenvalue weighted by molar-refractivity contribution is 7.89. The number of nitrogens with zero attached hydrogens (tertiary/aromatic N) is 4. The van der Waals surface area contributed by atoms with Crippen molar-refractivity contribution < 1.29 is 13.2 Å². The van der Waals surface area contributed by atoms with Crippen LogP contribution in [0.4, 0.5) is 5.82 Å². The lowest BCUT2D eigenvalue weighted by molar-refractivity contribution is -0.139. The summed E-state index contributed by atoms with van der Waals surface area (Å²) < 4.78 is 28.2. The molecule has 1 amide bonds. The molecule has 4 aromatic rings. The zero-order chi connectivity index (χ0) is 24.9. The van der Waals surface area contributed by atoms with Crippen molar-refractivity contribution in [2.75, 3.05) is 18.8 Å². The molecule has 3 N–H and O–H groups in total. The number of sulfonamides is 1. The number of aromatic nitrogens is 3. The molecule has 11 heteroatoms. The van der Waals surface area contributed by atoms with Gasteiger partial charge in [0.15, 0.2) is 0 Å². The molecule has 3 heterocycles. The normalized spacial score (nSPS) is 17.7. The quantitative estimate of drug-likeness (QED) is 0.422. The molecule has 0 radical (unpaired) electrons.